The van der Waals surface area contributed by atoms with E-state index in [1.165, 1.54) is 0 Å². The molecule has 34 heavy (non-hydrogen) atoms. The topological polar surface area (TPSA) is 67.4 Å². The molecular formula is C29H24N2O3. The summed E-state index contributed by atoms with van der Waals surface area (Å²) in [6, 6.07) is 27.8. The molecule has 5 nitrogen and oxygen atoms in total. The van der Waals surface area contributed by atoms with Crippen molar-refractivity contribution in [3.63, 3.8) is 0 Å². The Morgan fingerprint density at radius 1 is 0.618 bits per heavy atom. The summed E-state index contributed by atoms with van der Waals surface area (Å²) in [4.78, 5) is 27.2. The first-order chi connectivity index (χ1) is 16.7. The zero-order valence-electron chi connectivity index (χ0n) is 18.8. The van der Waals surface area contributed by atoms with Crippen LogP contribution in [-0.2, 0) is 0 Å². The van der Waals surface area contributed by atoms with E-state index >= 15 is 0 Å². The van der Waals surface area contributed by atoms with Crippen molar-refractivity contribution in [3.8, 4) is 5.75 Å². The molecule has 0 aliphatic heterocycles. The average Bonchev–Trinajstić information content (AvgIpc) is 2.88. The molecule has 0 amide bonds. The highest BCUT2D eigenvalue weighted by Gasteiger charge is 2.34. The monoisotopic (exact) mass is 448 g/mol. The van der Waals surface area contributed by atoms with E-state index in [0.29, 0.717) is 40.2 Å². The Balaban J connectivity index is 1.57. The summed E-state index contributed by atoms with van der Waals surface area (Å²) >= 11 is 0. The van der Waals surface area contributed by atoms with Gasteiger partial charge < -0.3 is 15.4 Å². The summed E-state index contributed by atoms with van der Waals surface area (Å²) in [5.74, 6) is 0.444. The van der Waals surface area contributed by atoms with Crippen LogP contribution in [0.4, 0.5) is 22.7 Å². The molecule has 2 N–H and O–H groups in total. The molecule has 0 unspecified atom stereocenters. The minimum absolute atomic E-state index is 0.171. The van der Waals surface area contributed by atoms with E-state index in [9.17, 15) is 9.59 Å². The minimum atomic E-state index is -0.174. The fourth-order valence-corrected chi connectivity index (χ4v) is 4.12. The molecule has 0 atom stereocenters. The molecule has 168 valence electrons. The first kappa shape index (κ1) is 21.5. The summed E-state index contributed by atoms with van der Waals surface area (Å²) < 4.78 is 5.66. The molecular weight excluding hydrogens is 424 g/mol. The van der Waals surface area contributed by atoms with Crippen molar-refractivity contribution in [1.82, 2.24) is 0 Å². The van der Waals surface area contributed by atoms with Crippen LogP contribution in [0.2, 0.25) is 0 Å². The van der Waals surface area contributed by atoms with E-state index < -0.39 is 0 Å². The third-order valence-corrected chi connectivity index (χ3v) is 5.73. The number of ether oxygens (including phenoxy) is 1. The smallest absolute Gasteiger partial charge is 0.196 e. The largest absolute Gasteiger partial charge is 0.494 e. The van der Waals surface area contributed by atoms with Crippen LogP contribution in [0.25, 0.3) is 0 Å². The summed E-state index contributed by atoms with van der Waals surface area (Å²) in [6.07, 6.45) is 0.938. The van der Waals surface area contributed by atoms with E-state index in [2.05, 4.69) is 17.6 Å². The van der Waals surface area contributed by atoms with Gasteiger partial charge in [0, 0.05) is 22.5 Å². The number of hydrogen-bond donors (Lipinski definition) is 2. The summed E-state index contributed by atoms with van der Waals surface area (Å²) in [6.45, 7) is 2.72. The summed E-state index contributed by atoms with van der Waals surface area (Å²) in [7, 11) is 0. The predicted octanol–water partition coefficient (Wildman–Crippen LogP) is 6.74. The molecule has 5 rings (SSSR count). The highest BCUT2D eigenvalue weighted by atomic mass is 16.5. The molecule has 4 aromatic carbocycles. The predicted molar refractivity (Wildman–Crippen MR) is 135 cm³/mol. The van der Waals surface area contributed by atoms with Gasteiger partial charge in [-0.25, -0.2) is 0 Å². The van der Waals surface area contributed by atoms with Crippen LogP contribution >= 0.6 is 0 Å². The maximum Gasteiger partial charge on any atom is 0.196 e. The maximum absolute atomic E-state index is 13.6. The fraction of sp³-hybridized carbons (Fsp3) is 0.103. The SMILES string of the molecule is CCCOc1ccc(Nc2ccc(Nc3ccccc3)c3c2C(=O)c2ccccc2C3=O)cc1. The van der Waals surface area contributed by atoms with E-state index in [1.807, 2.05) is 66.7 Å². The van der Waals surface area contributed by atoms with E-state index in [4.69, 9.17) is 4.74 Å². The average molecular weight is 449 g/mol. The number of fused-ring (bicyclic) bond motifs is 2. The third-order valence-electron chi connectivity index (χ3n) is 5.73. The van der Waals surface area contributed by atoms with Gasteiger partial charge in [0.2, 0.25) is 0 Å². The normalized spacial score (nSPS) is 12.0. The van der Waals surface area contributed by atoms with Crippen molar-refractivity contribution >= 4 is 34.3 Å². The quantitative estimate of drug-likeness (QED) is 0.289. The molecule has 4 aromatic rings. The van der Waals surface area contributed by atoms with Crippen LogP contribution in [0.15, 0.2) is 91.0 Å². The fourth-order valence-electron chi connectivity index (χ4n) is 4.12. The van der Waals surface area contributed by atoms with Gasteiger partial charge in [0.1, 0.15) is 5.75 Å². The zero-order valence-corrected chi connectivity index (χ0v) is 18.8. The number of carbonyl (C=O) groups is 2. The van der Waals surface area contributed by atoms with Crippen LogP contribution in [-0.4, -0.2) is 18.2 Å². The number of hydrogen-bond acceptors (Lipinski definition) is 5. The van der Waals surface area contributed by atoms with E-state index in [0.717, 1.165) is 23.5 Å². The summed E-state index contributed by atoms with van der Waals surface area (Å²) in [5.41, 5.74) is 4.41. The van der Waals surface area contributed by atoms with Gasteiger partial charge in [0.05, 0.1) is 29.1 Å². The molecule has 1 aliphatic rings. The van der Waals surface area contributed by atoms with Crippen molar-refractivity contribution in [1.29, 1.82) is 0 Å². The van der Waals surface area contributed by atoms with Crippen molar-refractivity contribution in [2.45, 2.75) is 13.3 Å². The van der Waals surface area contributed by atoms with Gasteiger partial charge in [-0.05, 0) is 55.0 Å². The molecule has 0 radical (unpaired) electrons. The van der Waals surface area contributed by atoms with Gasteiger partial charge in [0.15, 0.2) is 11.6 Å². The molecule has 0 spiro atoms. The van der Waals surface area contributed by atoms with Gasteiger partial charge >= 0.3 is 0 Å². The number of anilines is 4. The third kappa shape index (κ3) is 4.04. The highest BCUT2D eigenvalue weighted by Crippen LogP contribution is 2.38. The minimum Gasteiger partial charge on any atom is -0.494 e. The van der Waals surface area contributed by atoms with Crippen LogP contribution in [0.5, 0.6) is 5.75 Å². The molecule has 5 heteroatoms. The van der Waals surface area contributed by atoms with Crippen molar-refractivity contribution in [2.75, 3.05) is 17.2 Å². The Morgan fingerprint density at radius 3 is 1.65 bits per heavy atom. The Morgan fingerprint density at radius 2 is 1.12 bits per heavy atom. The van der Waals surface area contributed by atoms with Crippen molar-refractivity contribution in [2.24, 2.45) is 0 Å². The van der Waals surface area contributed by atoms with E-state index in [1.54, 1.807) is 24.3 Å². The highest BCUT2D eigenvalue weighted by molar-refractivity contribution is 6.32. The van der Waals surface area contributed by atoms with Crippen LogP contribution in [0, 0.1) is 0 Å². The lowest BCUT2D eigenvalue weighted by molar-refractivity contribution is 0.0980. The number of rotatable bonds is 7. The van der Waals surface area contributed by atoms with E-state index in [-0.39, 0.29) is 11.6 Å². The number of ketones is 2. The second kappa shape index (κ2) is 9.24. The summed E-state index contributed by atoms with van der Waals surface area (Å²) in [5, 5.41) is 6.65. The number of nitrogens with one attached hydrogen (secondary N) is 2. The number of benzene rings is 4. The van der Waals surface area contributed by atoms with Gasteiger partial charge in [-0.15, -0.1) is 0 Å². The molecule has 0 saturated carbocycles. The standard InChI is InChI=1S/C29H24N2O3/c1-2-18-34-21-14-12-20(13-15-21)31-25-17-16-24(30-19-8-4-3-5-9-19)26-27(25)29(33)23-11-7-6-10-22(23)28(26)32/h3-17,30-31H,2,18H2,1H3. The molecule has 0 saturated heterocycles. The number of para-hydroxylation sites is 1. The lowest BCUT2D eigenvalue weighted by atomic mass is 9.82. The lowest BCUT2D eigenvalue weighted by Gasteiger charge is -2.24. The maximum atomic E-state index is 13.6. The van der Waals surface area contributed by atoms with Crippen LogP contribution in [0.1, 0.15) is 45.2 Å². The first-order valence-corrected chi connectivity index (χ1v) is 11.3. The van der Waals surface area contributed by atoms with Crippen LogP contribution < -0.4 is 15.4 Å². The molecule has 0 bridgehead atoms. The molecule has 1 aliphatic carbocycles. The Bertz CT molecular complexity index is 1360. The Hall–Kier alpha value is -4.38. The Labute approximate surface area is 198 Å². The second-order valence-electron chi connectivity index (χ2n) is 8.10. The Kier molecular flexibility index (Phi) is 5.83. The molecule has 0 fully saturated rings. The number of carbonyl (C=O) groups excluding carboxylic acids is 2. The van der Waals surface area contributed by atoms with Crippen LogP contribution in [0.3, 0.4) is 0 Å². The van der Waals surface area contributed by atoms with Gasteiger partial charge in [-0.3, -0.25) is 9.59 Å². The van der Waals surface area contributed by atoms with Gasteiger partial charge in [0.25, 0.3) is 0 Å². The van der Waals surface area contributed by atoms with Crippen molar-refractivity contribution in [3.05, 3.63) is 113 Å². The molecule has 0 aromatic heterocycles. The second-order valence-corrected chi connectivity index (χ2v) is 8.10. The first-order valence-electron chi connectivity index (χ1n) is 11.3. The van der Waals surface area contributed by atoms with Crippen molar-refractivity contribution < 1.29 is 14.3 Å². The molecule has 0 heterocycles. The zero-order chi connectivity index (χ0) is 23.5. The lowest BCUT2D eigenvalue weighted by Crippen LogP contribution is -2.23. The van der Waals surface area contributed by atoms with Gasteiger partial charge in [-0.2, -0.15) is 0 Å². The van der Waals surface area contributed by atoms with Gasteiger partial charge in [-0.1, -0.05) is 49.4 Å².